The fourth-order valence-corrected chi connectivity index (χ4v) is 4.44. The number of nitrogens with one attached hydrogen (secondary N) is 1. The van der Waals surface area contributed by atoms with Gasteiger partial charge in [0.15, 0.2) is 6.10 Å². The molecule has 2 heterocycles. The minimum atomic E-state index is -0.489. The summed E-state index contributed by atoms with van der Waals surface area (Å²) < 4.78 is 5.26. The second-order valence-corrected chi connectivity index (χ2v) is 8.97. The van der Waals surface area contributed by atoms with Gasteiger partial charge in [0.2, 0.25) is 0 Å². The van der Waals surface area contributed by atoms with Crippen molar-refractivity contribution in [1.29, 1.82) is 5.26 Å². The first-order valence-corrected chi connectivity index (χ1v) is 11.3. The maximum atomic E-state index is 13.3. The normalized spacial score (nSPS) is 14.3. The maximum Gasteiger partial charge on any atom is 0.303 e. The smallest absolute Gasteiger partial charge is 0.303 e. The summed E-state index contributed by atoms with van der Waals surface area (Å²) >= 11 is 0. The number of nitriles is 1. The first kappa shape index (κ1) is 23.2. The van der Waals surface area contributed by atoms with Gasteiger partial charge in [0.05, 0.1) is 17.3 Å². The van der Waals surface area contributed by atoms with E-state index in [0.29, 0.717) is 30.0 Å². The number of aromatic nitrogens is 2. The number of likely N-dealkylation sites (tertiary alicyclic amines) is 1. The van der Waals surface area contributed by atoms with Crippen molar-refractivity contribution in [1.82, 2.24) is 14.9 Å². The van der Waals surface area contributed by atoms with E-state index in [9.17, 15) is 9.59 Å². The number of imidazole rings is 1. The maximum absolute atomic E-state index is 13.3. The number of nitrogens with zero attached hydrogens (tertiary/aromatic N) is 3. The van der Waals surface area contributed by atoms with E-state index >= 15 is 0 Å². The predicted molar refractivity (Wildman–Crippen MR) is 128 cm³/mol. The van der Waals surface area contributed by atoms with Gasteiger partial charge in [0.25, 0.3) is 5.91 Å². The van der Waals surface area contributed by atoms with Gasteiger partial charge in [-0.3, -0.25) is 9.59 Å². The van der Waals surface area contributed by atoms with Gasteiger partial charge in [-0.05, 0) is 62.6 Å². The molecule has 2 aromatic carbocycles. The number of esters is 1. The monoisotopic (exact) mass is 456 g/mol. The topological polar surface area (TPSA) is 99.1 Å². The molecule has 0 radical (unpaired) electrons. The van der Waals surface area contributed by atoms with Gasteiger partial charge >= 0.3 is 5.97 Å². The zero-order valence-electron chi connectivity index (χ0n) is 20.1. The third-order valence-electron chi connectivity index (χ3n) is 6.37. The zero-order valence-corrected chi connectivity index (χ0v) is 20.1. The molecule has 0 aliphatic carbocycles. The van der Waals surface area contributed by atoms with Crippen molar-refractivity contribution in [3.8, 4) is 17.3 Å². The molecule has 1 aliphatic rings. The summed E-state index contributed by atoms with van der Waals surface area (Å²) in [6, 6.07) is 13.6. The quantitative estimate of drug-likeness (QED) is 0.559. The van der Waals surface area contributed by atoms with Gasteiger partial charge in [0.1, 0.15) is 5.82 Å². The second-order valence-electron chi connectivity index (χ2n) is 8.97. The summed E-state index contributed by atoms with van der Waals surface area (Å²) in [5.74, 6) is 0.492. The average molecular weight is 457 g/mol. The van der Waals surface area contributed by atoms with Crippen LogP contribution in [0.4, 0.5) is 0 Å². The van der Waals surface area contributed by atoms with Gasteiger partial charge in [-0.25, -0.2) is 4.98 Å². The molecule has 1 amide bonds. The molecule has 7 heteroatoms. The molecule has 34 heavy (non-hydrogen) atoms. The number of carbonyl (C=O) groups excluding carboxylic acids is 2. The summed E-state index contributed by atoms with van der Waals surface area (Å²) in [6.07, 6.45) is -0.489. The Bertz CT molecular complexity index is 1290. The molecule has 1 aromatic heterocycles. The lowest BCUT2D eigenvalue weighted by atomic mass is 9.89. The highest BCUT2D eigenvalue weighted by atomic mass is 16.5. The molecule has 0 bridgehead atoms. The lowest BCUT2D eigenvalue weighted by molar-refractivity contribution is -0.146. The van der Waals surface area contributed by atoms with Crippen molar-refractivity contribution < 1.29 is 14.3 Å². The van der Waals surface area contributed by atoms with Gasteiger partial charge in [0, 0.05) is 42.8 Å². The number of carbonyl (C=O) groups is 2. The molecule has 174 valence electrons. The number of amides is 1. The summed E-state index contributed by atoms with van der Waals surface area (Å²) in [4.78, 5) is 34.4. The highest BCUT2D eigenvalue weighted by Gasteiger charge is 2.33. The number of aryl methyl sites for hydroxylation is 3. The van der Waals surface area contributed by atoms with Crippen molar-refractivity contribution >= 4 is 11.9 Å². The van der Waals surface area contributed by atoms with Crippen molar-refractivity contribution in [2.45, 2.75) is 46.6 Å². The standard InChI is InChI=1S/C27H28N4O3/c1-15-10-16(2)24(11-23(15)25-17(3)29-26(30-25)18(4)34-19(5)32)27(33)31-13-22(14-31)21-8-6-20(12-28)7-9-21/h6-11,18,22H,13-14H2,1-5H3,(H,29,30). The molecule has 1 saturated heterocycles. The highest BCUT2D eigenvalue weighted by Crippen LogP contribution is 2.33. The highest BCUT2D eigenvalue weighted by molar-refractivity contribution is 5.98. The molecule has 1 aliphatic heterocycles. The molecule has 3 aromatic rings. The lowest BCUT2D eigenvalue weighted by Gasteiger charge is -2.40. The van der Waals surface area contributed by atoms with Crippen LogP contribution in [0.2, 0.25) is 0 Å². The minimum Gasteiger partial charge on any atom is -0.455 e. The number of hydrogen-bond donors (Lipinski definition) is 1. The Balaban J connectivity index is 1.55. The van der Waals surface area contributed by atoms with E-state index in [1.54, 1.807) is 6.92 Å². The first-order chi connectivity index (χ1) is 16.2. The Morgan fingerprint density at radius 2 is 1.82 bits per heavy atom. The van der Waals surface area contributed by atoms with Crippen LogP contribution in [0.3, 0.4) is 0 Å². The first-order valence-electron chi connectivity index (χ1n) is 11.3. The molecular weight excluding hydrogens is 428 g/mol. The van der Waals surface area contributed by atoms with E-state index in [4.69, 9.17) is 10.00 Å². The summed E-state index contributed by atoms with van der Waals surface area (Å²) in [5, 5.41) is 8.98. The van der Waals surface area contributed by atoms with Gasteiger partial charge in [-0.1, -0.05) is 18.2 Å². The van der Waals surface area contributed by atoms with Crippen LogP contribution in [0.5, 0.6) is 0 Å². The van der Waals surface area contributed by atoms with Gasteiger partial charge in [-0.2, -0.15) is 5.26 Å². The number of ether oxygens (including phenoxy) is 1. The Labute approximate surface area is 199 Å². The SMILES string of the molecule is CC(=O)OC(C)c1nc(-c2cc(C(=O)N3CC(c4ccc(C#N)cc4)C3)c(C)cc2C)c(C)[nH]1. The second kappa shape index (κ2) is 9.14. The van der Waals surface area contributed by atoms with E-state index in [-0.39, 0.29) is 17.8 Å². The number of aromatic amines is 1. The molecular formula is C27H28N4O3. The third-order valence-corrected chi connectivity index (χ3v) is 6.37. The van der Waals surface area contributed by atoms with E-state index < -0.39 is 6.10 Å². The predicted octanol–water partition coefficient (Wildman–Crippen LogP) is 4.74. The summed E-state index contributed by atoms with van der Waals surface area (Å²) in [5.41, 5.74) is 6.88. The molecule has 7 nitrogen and oxygen atoms in total. The van der Waals surface area contributed by atoms with E-state index in [1.807, 2.05) is 62.1 Å². The lowest BCUT2D eigenvalue weighted by Crippen LogP contribution is -2.48. The Morgan fingerprint density at radius 3 is 2.44 bits per heavy atom. The van der Waals surface area contributed by atoms with Crippen LogP contribution in [0.15, 0.2) is 36.4 Å². The Kier molecular flexibility index (Phi) is 6.25. The third kappa shape index (κ3) is 4.44. The molecule has 0 saturated carbocycles. The van der Waals surface area contributed by atoms with Crippen molar-refractivity contribution in [3.05, 3.63) is 75.7 Å². The van der Waals surface area contributed by atoms with E-state index in [0.717, 1.165) is 33.6 Å². The molecule has 1 unspecified atom stereocenters. The molecule has 0 spiro atoms. The fourth-order valence-electron chi connectivity index (χ4n) is 4.44. The molecule has 1 N–H and O–H groups in total. The van der Waals surface area contributed by atoms with Crippen molar-refractivity contribution in [3.63, 3.8) is 0 Å². The number of rotatable bonds is 5. The van der Waals surface area contributed by atoms with Crippen LogP contribution in [0.1, 0.15) is 70.0 Å². The van der Waals surface area contributed by atoms with Crippen LogP contribution in [-0.4, -0.2) is 39.8 Å². The molecule has 1 fully saturated rings. The fraction of sp³-hybridized carbons (Fsp3) is 0.333. The van der Waals surface area contributed by atoms with E-state index in [2.05, 4.69) is 16.0 Å². The average Bonchev–Trinajstić information content (AvgIpc) is 3.14. The van der Waals surface area contributed by atoms with E-state index in [1.165, 1.54) is 6.92 Å². The Hall–Kier alpha value is -3.92. The van der Waals surface area contributed by atoms with Crippen molar-refractivity contribution in [2.24, 2.45) is 0 Å². The van der Waals surface area contributed by atoms with Crippen LogP contribution in [-0.2, 0) is 9.53 Å². The van der Waals surface area contributed by atoms with Crippen LogP contribution in [0.25, 0.3) is 11.3 Å². The van der Waals surface area contributed by atoms with Crippen molar-refractivity contribution in [2.75, 3.05) is 13.1 Å². The molecule has 1 atom stereocenters. The summed E-state index contributed by atoms with van der Waals surface area (Å²) in [6.45, 7) is 10.3. The number of H-pyrrole nitrogens is 1. The number of benzene rings is 2. The zero-order chi connectivity index (χ0) is 24.6. The van der Waals surface area contributed by atoms with Crippen LogP contribution < -0.4 is 0 Å². The number of hydrogen-bond acceptors (Lipinski definition) is 5. The largest absolute Gasteiger partial charge is 0.455 e. The van der Waals surface area contributed by atoms with Gasteiger partial charge in [-0.15, -0.1) is 0 Å². The van der Waals surface area contributed by atoms with Gasteiger partial charge < -0.3 is 14.6 Å². The minimum absolute atomic E-state index is 0.00494. The summed E-state index contributed by atoms with van der Waals surface area (Å²) in [7, 11) is 0. The van der Waals surface area contributed by atoms with Crippen LogP contribution in [0, 0.1) is 32.1 Å². The Morgan fingerprint density at radius 1 is 1.15 bits per heavy atom. The van der Waals surface area contributed by atoms with Crippen LogP contribution >= 0.6 is 0 Å². The molecule has 4 rings (SSSR count).